The number of fused-ring (bicyclic) bond motifs is 1. The summed E-state index contributed by atoms with van der Waals surface area (Å²) in [6, 6.07) is 21.2. The van der Waals surface area contributed by atoms with E-state index in [1.807, 2.05) is 38.1 Å². The van der Waals surface area contributed by atoms with Crippen molar-refractivity contribution in [3.8, 4) is 5.69 Å². The van der Waals surface area contributed by atoms with Gasteiger partial charge in [-0.3, -0.25) is 9.59 Å². The molecular weight excluding hydrogens is 418 g/mol. The van der Waals surface area contributed by atoms with Crippen molar-refractivity contribution in [2.24, 2.45) is 0 Å². The third-order valence-electron chi connectivity index (χ3n) is 5.38. The Kier molecular flexibility index (Phi) is 6.04. The highest BCUT2D eigenvalue weighted by atomic mass is 16.5. The van der Waals surface area contributed by atoms with E-state index in [0.717, 1.165) is 11.1 Å². The van der Waals surface area contributed by atoms with Gasteiger partial charge in [-0.15, -0.1) is 0 Å². The Hall–Kier alpha value is -4.26. The molecule has 3 aromatic carbocycles. The summed E-state index contributed by atoms with van der Waals surface area (Å²) >= 11 is 0. The first-order valence-corrected chi connectivity index (χ1v) is 10.5. The van der Waals surface area contributed by atoms with E-state index in [9.17, 15) is 14.4 Å². The average molecular weight is 441 g/mol. The molecule has 1 unspecified atom stereocenters. The third-order valence-corrected chi connectivity index (χ3v) is 5.38. The van der Waals surface area contributed by atoms with E-state index in [-0.39, 0.29) is 11.3 Å². The van der Waals surface area contributed by atoms with Crippen molar-refractivity contribution in [1.82, 2.24) is 9.78 Å². The van der Waals surface area contributed by atoms with Gasteiger partial charge in [0.25, 0.3) is 11.5 Å². The monoisotopic (exact) mass is 441 g/mol. The predicted molar refractivity (Wildman–Crippen MR) is 127 cm³/mol. The second-order valence-corrected chi connectivity index (χ2v) is 7.75. The summed E-state index contributed by atoms with van der Waals surface area (Å²) in [7, 11) is 0. The summed E-state index contributed by atoms with van der Waals surface area (Å²) in [5, 5.41) is 7.81. The van der Waals surface area contributed by atoms with Crippen LogP contribution in [0.1, 0.15) is 28.5 Å². The highest BCUT2D eigenvalue weighted by Gasteiger charge is 2.24. The third kappa shape index (κ3) is 4.39. The second kappa shape index (κ2) is 9.08. The first-order valence-electron chi connectivity index (χ1n) is 10.5. The van der Waals surface area contributed by atoms with Crippen LogP contribution >= 0.6 is 0 Å². The van der Waals surface area contributed by atoms with Gasteiger partial charge < -0.3 is 10.1 Å². The molecule has 0 aliphatic heterocycles. The van der Waals surface area contributed by atoms with Gasteiger partial charge in [0.2, 0.25) is 0 Å². The number of para-hydroxylation sites is 2. The lowest BCUT2D eigenvalue weighted by atomic mass is 10.1. The van der Waals surface area contributed by atoms with Crippen LogP contribution in [-0.4, -0.2) is 27.8 Å². The van der Waals surface area contributed by atoms with Crippen LogP contribution in [0.25, 0.3) is 16.5 Å². The molecule has 0 bridgehead atoms. The van der Waals surface area contributed by atoms with Crippen molar-refractivity contribution < 1.29 is 14.3 Å². The maximum Gasteiger partial charge on any atom is 0.360 e. The number of benzene rings is 3. The lowest BCUT2D eigenvalue weighted by Gasteiger charge is -2.17. The fourth-order valence-electron chi connectivity index (χ4n) is 3.59. The van der Waals surface area contributed by atoms with E-state index in [4.69, 9.17) is 4.74 Å². The van der Waals surface area contributed by atoms with Gasteiger partial charge in [0, 0.05) is 11.1 Å². The lowest BCUT2D eigenvalue weighted by molar-refractivity contribution is -0.123. The Morgan fingerprint density at radius 3 is 2.15 bits per heavy atom. The first-order chi connectivity index (χ1) is 15.9. The molecule has 0 saturated heterocycles. The van der Waals surface area contributed by atoms with Crippen molar-refractivity contribution in [3.05, 3.63) is 100.0 Å². The van der Waals surface area contributed by atoms with Crippen molar-refractivity contribution in [1.29, 1.82) is 0 Å². The van der Waals surface area contributed by atoms with Gasteiger partial charge in [0.1, 0.15) is 0 Å². The number of nitrogens with one attached hydrogen (secondary N) is 1. The smallest absolute Gasteiger partial charge is 0.360 e. The van der Waals surface area contributed by atoms with E-state index in [2.05, 4.69) is 10.4 Å². The summed E-state index contributed by atoms with van der Waals surface area (Å²) in [4.78, 5) is 38.8. The molecule has 0 spiro atoms. The summed E-state index contributed by atoms with van der Waals surface area (Å²) in [6.07, 6.45) is -1.07. The quantitative estimate of drug-likeness (QED) is 0.469. The number of nitrogens with zero attached hydrogens (tertiary/aromatic N) is 2. The van der Waals surface area contributed by atoms with Crippen LogP contribution in [-0.2, 0) is 9.53 Å². The maximum atomic E-state index is 13.1. The standard InChI is InChI=1S/C26H23N3O4/c1-16-10-9-11-17(2)22(16)27-24(30)18(3)33-26(32)23-20-14-7-8-15-21(20)25(31)29(28-23)19-12-5-4-6-13-19/h4-15,18H,1-3H3,(H,27,30). The van der Waals surface area contributed by atoms with E-state index in [1.165, 1.54) is 11.6 Å². The summed E-state index contributed by atoms with van der Waals surface area (Å²) in [6.45, 7) is 5.28. The van der Waals surface area contributed by atoms with Crippen LogP contribution in [0.3, 0.4) is 0 Å². The van der Waals surface area contributed by atoms with Crippen molar-refractivity contribution >= 4 is 28.3 Å². The molecule has 0 fully saturated rings. The van der Waals surface area contributed by atoms with E-state index >= 15 is 0 Å². The zero-order chi connectivity index (χ0) is 23.5. The molecule has 166 valence electrons. The predicted octanol–water partition coefficient (Wildman–Crippen LogP) is 4.19. The lowest BCUT2D eigenvalue weighted by Crippen LogP contribution is -2.32. The number of hydrogen-bond donors (Lipinski definition) is 1. The maximum absolute atomic E-state index is 13.1. The minimum atomic E-state index is -1.07. The van der Waals surface area contributed by atoms with Gasteiger partial charge >= 0.3 is 5.97 Å². The first kappa shape index (κ1) is 22.0. The second-order valence-electron chi connectivity index (χ2n) is 7.75. The fraction of sp³-hybridized carbons (Fsp3) is 0.154. The van der Waals surface area contributed by atoms with Gasteiger partial charge in [-0.1, -0.05) is 54.6 Å². The number of ether oxygens (including phenoxy) is 1. The molecule has 1 atom stereocenters. The minimum Gasteiger partial charge on any atom is -0.448 e. The van der Waals surface area contributed by atoms with Crippen LogP contribution < -0.4 is 10.9 Å². The van der Waals surface area contributed by atoms with Gasteiger partial charge in [-0.2, -0.15) is 9.78 Å². The molecule has 1 heterocycles. The largest absolute Gasteiger partial charge is 0.448 e. The van der Waals surface area contributed by atoms with Gasteiger partial charge in [0.05, 0.1) is 11.1 Å². The summed E-state index contributed by atoms with van der Waals surface area (Å²) in [5.74, 6) is -1.25. The fourth-order valence-corrected chi connectivity index (χ4v) is 3.59. The zero-order valence-corrected chi connectivity index (χ0v) is 18.5. The van der Waals surface area contributed by atoms with Crippen LogP contribution in [0.15, 0.2) is 77.6 Å². The number of amides is 1. The van der Waals surface area contributed by atoms with Gasteiger partial charge in [0.15, 0.2) is 11.8 Å². The number of carbonyl (C=O) groups is 2. The molecule has 0 radical (unpaired) electrons. The van der Waals surface area contributed by atoms with Crippen LogP contribution in [0.2, 0.25) is 0 Å². The molecule has 1 amide bonds. The van der Waals surface area contributed by atoms with E-state index in [0.29, 0.717) is 22.1 Å². The van der Waals surface area contributed by atoms with E-state index in [1.54, 1.807) is 48.5 Å². The Bertz CT molecular complexity index is 1390. The van der Waals surface area contributed by atoms with Gasteiger partial charge in [-0.25, -0.2) is 4.79 Å². The molecule has 0 aliphatic rings. The number of aromatic nitrogens is 2. The zero-order valence-electron chi connectivity index (χ0n) is 18.5. The molecule has 1 aromatic heterocycles. The normalized spacial score (nSPS) is 11.7. The van der Waals surface area contributed by atoms with Crippen molar-refractivity contribution in [2.75, 3.05) is 5.32 Å². The average Bonchev–Trinajstić information content (AvgIpc) is 2.82. The molecule has 0 aliphatic carbocycles. The highest BCUT2D eigenvalue weighted by Crippen LogP contribution is 2.21. The summed E-state index contributed by atoms with van der Waals surface area (Å²) in [5.41, 5.74) is 2.62. The highest BCUT2D eigenvalue weighted by molar-refractivity contribution is 6.04. The van der Waals surface area contributed by atoms with Crippen molar-refractivity contribution in [3.63, 3.8) is 0 Å². The number of carbonyl (C=O) groups excluding carboxylic acids is 2. The number of esters is 1. The minimum absolute atomic E-state index is 0.0409. The Balaban J connectivity index is 1.66. The van der Waals surface area contributed by atoms with Crippen molar-refractivity contribution in [2.45, 2.75) is 26.9 Å². The summed E-state index contributed by atoms with van der Waals surface area (Å²) < 4.78 is 6.63. The molecule has 1 N–H and O–H groups in total. The van der Waals surface area contributed by atoms with Crippen LogP contribution in [0, 0.1) is 13.8 Å². The molecule has 4 aromatic rings. The van der Waals surface area contributed by atoms with Crippen LogP contribution in [0.4, 0.5) is 5.69 Å². The van der Waals surface area contributed by atoms with Gasteiger partial charge in [-0.05, 0) is 50.1 Å². The number of hydrogen-bond acceptors (Lipinski definition) is 5. The molecule has 7 heteroatoms. The SMILES string of the molecule is Cc1cccc(C)c1NC(=O)C(C)OC(=O)c1nn(-c2ccccc2)c(=O)c2ccccc12. The van der Waals surface area contributed by atoms with Crippen LogP contribution in [0.5, 0.6) is 0 Å². The Morgan fingerprint density at radius 2 is 1.48 bits per heavy atom. The molecule has 33 heavy (non-hydrogen) atoms. The number of rotatable bonds is 5. The number of aryl methyl sites for hydroxylation is 2. The molecule has 0 saturated carbocycles. The Morgan fingerprint density at radius 1 is 0.879 bits per heavy atom. The Labute approximate surface area is 190 Å². The number of anilines is 1. The van der Waals surface area contributed by atoms with E-state index < -0.39 is 18.0 Å². The molecule has 7 nitrogen and oxygen atoms in total. The molecular formula is C26H23N3O4. The topological polar surface area (TPSA) is 90.3 Å². The molecule has 4 rings (SSSR count).